The molecule has 0 radical (unpaired) electrons. The summed E-state index contributed by atoms with van der Waals surface area (Å²) in [6, 6.07) is 7.18. The number of rotatable bonds is 7. The summed E-state index contributed by atoms with van der Waals surface area (Å²) in [5.41, 5.74) is -0.700. The first-order valence-electron chi connectivity index (χ1n) is 11.7. The van der Waals surface area contributed by atoms with Crippen LogP contribution in [-0.2, 0) is 15.7 Å². The van der Waals surface area contributed by atoms with Gasteiger partial charge in [0.15, 0.2) is 6.29 Å². The number of benzene rings is 2. The van der Waals surface area contributed by atoms with Crippen LogP contribution in [0, 0.1) is 23.5 Å². The minimum atomic E-state index is -4.76. The van der Waals surface area contributed by atoms with Gasteiger partial charge in [-0.3, -0.25) is 9.80 Å². The summed E-state index contributed by atoms with van der Waals surface area (Å²) in [6.45, 7) is 3.11. The van der Waals surface area contributed by atoms with Gasteiger partial charge in [-0.2, -0.15) is 13.2 Å². The number of aliphatic hydroxyl groups excluding tert-OH is 1. The average molecular weight is 511 g/mol. The van der Waals surface area contributed by atoms with Crippen LogP contribution >= 0.6 is 0 Å². The van der Waals surface area contributed by atoms with E-state index in [-0.39, 0.29) is 12.2 Å². The number of alkyl halides is 3. The second-order valence-corrected chi connectivity index (χ2v) is 8.77. The van der Waals surface area contributed by atoms with Crippen molar-refractivity contribution in [1.29, 1.82) is 0 Å². The number of hydrogen-bond donors (Lipinski definition) is 1. The fourth-order valence-corrected chi connectivity index (χ4v) is 4.22. The van der Waals surface area contributed by atoms with E-state index in [0.717, 1.165) is 25.2 Å². The Labute approximate surface area is 206 Å². The minimum absolute atomic E-state index is 0.169. The SMILES string of the molecule is OC[C@@H](OC1OCCN(CC#CCN2CCC2)C1c1ccc(F)cc1)c1cc(F)cc(C(F)(F)F)c1. The number of hydrogen-bond acceptors (Lipinski definition) is 5. The van der Waals surface area contributed by atoms with Crippen molar-refractivity contribution in [2.75, 3.05) is 45.9 Å². The molecule has 10 heteroatoms. The molecule has 0 spiro atoms. The summed E-state index contributed by atoms with van der Waals surface area (Å²) in [7, 11) is 0. The molecule has 5 nitrogen and oxygen atoms in total. The van der Waals surface area contributed by atoms with E-state index in [9.17, 15) is 27.1 Å². The molecule has 2 aliphatic heterocycles. The van der Waals surface area contributed by atoms with E-state index < -0.39 is 48.4 Å². The van der Waals surface area contributed by atoms with Gasteiger partial charge in [0.05, 0.1) is 37.9 Å². The van der Waals surface area contributed by atoms with Crippen molar-refractivity contribution in [3.05, 3.63) is 70.8 Å². The van der Waals surface area contributed by atoms with E-state index in [2.05, 4.69) is 16.7 Å². The van der Waals surface area contributed by atoms with E-state index in [1.165, 1.54) is 18.6 Å². The molecule has 3 atom stereocenters. The molecule has 2 aliphatic rings. The lowest BCUT2D eigenvalue weighted by molar-refractivity contribution is -0.235. The van der Waals surface area contributed by atoms with Crippen molar-refractivity contribution in [2.45, 2.75) is 31.0 Å². The second-order valence-electron chi connectivity index (χ2n) is 8.77. The van der Waals surface area contributed by atoms with Crippen LogP contribution in [0.25, 0.3) is 0 Å². The Bertz CT molecular complexity index is 1080. The summed E-state index contributed by atoms with van der Waals surface area (Å²) < 4.78 is 79.0. The molecule has 4 rings (SSSR count). The van der Waals surface area contributed by atoms with Gasteiger partial charge >= 0.3 is 6.18 Å². The molecule has 0 saturated carbocycles. The number of likely N-dealkylation sites (tertiary alicyclic amines) is 1. The Balaban J connectivity index is 1.57. The zero-order valence-electron chi connectivity index (χ0n) is 19.5. The molecule has 0 amide bonds. The minimum Gasteiger partial charge on any atom is -0.393 e. The molecule has 2 unspecified atom stereocenters. The lowest BCUT2D eigenvalue weighted by Crippen LogP contribution is -2.47. The van der Waals surface area contributed by atoms with Gasteiger partial charge in [0.1, 0.15) is 17.7 Å². The highest BCUT2D eigenvalue weighted by Crippen LogP contribution is 2.36. The lowest BCUT2D eigenvalue weighted by atomic mass is 10.0. The Morgan fingerprint density at radius 3 is 2.36 bits per heavy atom. The molecule has 2 aromatic carbocycles. The summed E-state index contributed by atoms with van der Waals surface area (Å²) in [5.74, 6) is 4.76. The van der Waals surface area contributed by atoms with Crippen LogP contribution in [-0.4, -0.2) is 67.1 Å². The summed E-state index contributed by atoms with van der Waals surface area (Å²) in [5, 5.41) is 9.93. The first-order chi connectivity index (χ1) is 17.2. The summed E-state index contributed by atoms with van der Waals surface area (Å²) in [6.07, 6.45) is -5.91. The third-order valence-electron chi connectivity index (χ3n) is 6.27. The van der Waals surface area contributed by atoms with E-state index in [1.54, 1.807) is 12.1 Å². The molecule has 2 fully saturated rings. The highest BCUT2D eigenvalue weighted by molar-refractivity contribution is 5.29. The fourth-order valence-electron chi connectivity index (χ4n) is 4.22. The maximum absolute atomic E-state index is 14.0. The topological polar surface area (TPSA) is 45.2 Å². The van der Waals surface area contributed by atoms with E-state index in [1.807, 2.05) is 4.90 Å². The molecular weight excluding hydrogens is 483 g/mol. The third-order valence-corrected chi connectivity index (χ3v) is 6.27. The standard InChI is InChI=1S/C26H27F5N2O3/c27-21-6-4-18(5-7-21)24-25(35-13-12-33(24)11-2-1-8-32-9-3-10-32)36-23(17-34)19-14-20(26(29,30)31)16-22(28)15-19/h4-7,14-16,23-25,34H,3,8-13,17H2/t23-,24?,25?/m1/s1. The van der Waals surface area contributed by atoms with Gasteiger partial charge in [-0.15, -0.1) is 0 Å². The van der Waals surface area contributed by atoms with Crippen molar-refractivity contribution < 1.29 is 36.5 Å². The molecule has 36 heavy (non-hydrogen) atoms. The van der Waals surface area contributed by atoms with Gasteiger partial charge in [-0.05, 0) is 47.9 Å². The highest BCUT2D eigenvalue weighted by Gasteiger charge is 2.37. The van der Waals surface area contributed by atoms with Gasteiger partial charge in [-0.1, -0.05) is 24.0 Å². The van der Waals surface area contributed by atoms with Crippen LogP contribution < -0.4 is 0 Å². The highest BCUT2D eigenvalue weighted by atomic mass is 19.4. The normalized spacial score (nSPS) is 21.9. The van der Waals surface area contributed by atoms with E-state index >= 15 is 0 Å². The van der Waals surface area contributed by atoms with Gasteiger partial charge in [0.25, 0.3) is 0 Å². The number of morpholine rings is 1. The average Bonchev–Trinajstić information content (AvgIpc) is 2.81. The van der Waals surface area contributed by atoms with Crippen molar-refractivity contribution in [3.8, 4) is 11.8 Å². The monoisotopic (exact) mass is 510 g/mol. The van der Waals surface area contributed by atoms with Gasteiger partial charge in [-0.25, -0.2) is 8.78 Å². The second kappa shape index (κ2) is 11.7. The molecule has 0 aromatic heterocycles. The van der Waals surface area contributed by atoms with Gasteiger partial charge < -0.3 is 14.6 Å². The molecular formula is C26H27F5N2O3. The first kappa shape index (κ1) is 26.5. The van der Waals surface area contributed by atoms with E-state index in [4.69, 9.17) is 9.47 Å². The maximum atomic E-state index is 14.0. The quantitative estimate of drug-likeness (QED) is 0.448. The summed E-state index contributed by atoms with van der Waals surface area (Å²) >= 11 is 0. The third kappa shape index (κ3) is 6.60. The Morgan fingerprint density at radius 2 is 1.72 bits per heavy atom. The van der Waals surface area contributed by atoms with Crippen LogP contribution in [0.2, 0.25) is 0 Å². The number of nitrogens with zero attached hydrogens (tertiary/aromatic N) is 2. The predicted molar refractivity (Wildman–Crippen MR) is 122 cm³/mol. The van der Waals surface area contributed by atoms with Crippen LogP contribution in [0.1, 0.15) is 35.3 Å². The number of ether oxygens (including phenoxy) is 2. The molecule has 0 aliphatic carbocycles. The largest absolute Gasteiger partial charge is 0.416 e. The van der Waals surface area contributed by atoms with Crippen LogP contribution in [0.15, 0.2) is 42.5 Å². The Kier molecular flexibility index (Phi) is 8.59. The number of aliphatic hydroxyl groups is 1. The summed E-state index contributed by atoms with van der Waals surface area (Å²) in [4.78, 5) is 4.20. The fraction of sp³-hybridized carbons (Fsp3) is 0.462. The first-order valence-corrected chi connectivity index (χ1v) is 11.7. The van der Waals surface area contributed by atoms with Crippen molar-refractivity contribution >= 4 is 0 Å². The van der Waals surface area contributed by atoms with Crippen molar-refractivity contribution in [2.24, 2.45) is 0 Å². The maximum Gasteiger partial charge on any atom is 0.416 e. The Hall–Kier alpha value is -2.55. The lowest BCUT2D eigenvalue weighted by Gasteiger charge is -2.41. The zero-order valence-corrected chi connectivity index (χ0v) is 19.5. The van der Waals surface area contributed by atoms with Crippen molar-refractivity contribution in [3.63, 3.8) is 0 Å². The zero-order chi connectivity index (χ0) is 25.7. The molecule has 2 heterocycles. The Morgan fingerprint density at radius 1 is 1.00 bits per heavy atom. The molecule has 1 N–H and O–H groups in total. The molecule has 2 saturated heterocycles. The smallest absolute Gasteiger partial charge is 0.393 e. The van der Waals surface area contributed by atoms with Crippen LogP contribution in [0.3, 0.4) is 0 Å². The van der Waals surface area contributed by atoms with E-state index in [0.29, 0.717) is 31.3 Å². The molecule has 194 valence electrons. The predicted octanol–water partition coefficient (Wildman–Crippen LogP) is 4.14. The van der Waals surface area contributed by atoms with Crippen molar-refractivity contribution in [1.82, 2.24) is 9.80 Å². The number of halogens is 5. The van der Waals surface area contributed by atoms with Crippen LogP contribution in [0.5, 0.6) is 0 Å². The van der Waals surface area contributed by atoms with Crippen LogP contribution in [0.4, 0.5) is 22.0 Å². The molecule has 2 aromatic rings. The molecule has 0 bridgehead atoms. The van der Waals surface area contributed by atoms with Gasteiger partial charge in [0.2, 0.25) is 0 Å². The van der Waals surface area contributed by atoms with Gasteiger partial charge in [0, 0.05) is 19.6 Å².